The van der Waals surface area contributed by atoms with Crippen molar-refractivity contribution >= 4 is 37.5 Å². The lowest BCUT2D eigenvalue weighted by molar-refractivity contribution is -0.137. The number of fused-ring (bicyclic) bond motifs is 4. The lowest BCUT2D eigenvalue weighted by Gasteiger charge is -2.13. The Morgan fingerprint density at radius 3 is 2.54 bits per heavy atom. The van der Waals surface area contributed by atoms with Crippen LogP contribution in [0, 0.1) is 0 Å². The number of halogens is 3. The molecule has 4 N–H and O–H groups in total. The monoisotopic (exact) mass is 556 g/mol. The minimum Gasteiger partial charge on any atom is -0.370 e. The normalized spacial score (nSPS) is 15.9. The van der Waals surface area contributed by atoms with Crippen LogP contribution >= 0.6 is 0 Å². The van der Waals surface area contributed by atoms with Gasteiger partial charge in [0.25, 0.3) is 0 Å². The van der Waals surface area contributed by atoms with Gasteiger partial charge in [-0.05, 0) is 55.3 Å². The lowest BCUT2D eigenvalue weighted by Crippen LogP contribution is -2.27. The summed E-state index contributed by atoms with van der Waals surface area (Å²) < 4.78 is 93.1. The number of benzene rings is 2. The SMILES string of the molecule is O=S1(=O)NCCCNc2nc(ncc2CCNS(=O)(=O)c2ccc(C(F)(F)F)cc2)Nc2cccc1c2. The number of anilines is 3. The standard InChI is InChI=1S/C22H23F3N6O4S2/c23-22(24,25)16-5-7-18(8-6-16)36(32,33)29-12-9-15-14-27-21-30-17-3-1-4-19(13-17)37(34,35)28-11-2-10-26-20(15)31-21/h1,3-8,13-14,28-29H,2,9-12H2,(H2,26,27,30,31). The second kappa shape index (κ2) is 10.6. The predicted octanol–water partition coefficient (Wildman–Crippen LogP) is 2.85. The Labute approximate surface area is 211 Å². The summed E-state index contributed by atoms with van der Waals surface area (Å²) in [5.41, 5.74) is 0.109. The Kier molecular flexibility index (Phi) is 7.68. The molecule has 1 aliphatic rings. The first kappa shape index (κ1) is 26.8. The zero-order chi connectivity index (χ0) is 26.7. The van der Waals surface area contributed by atoms with Crippen molar-refractivity contribution in [2.75, 3.05) is 30.3 Å². The maximum atomic E-state index is 12.7. The van der Waals surface area contributed by atoms with Crippen LogP contribution in [0.3, 0.4) is 0 Å². The van der Waals surface area contributed by atoms with Crippen molar-refractivity contribution in [1.82, 2.24) is 19.4 Å². The average Bonchev–Trinajstić information content (AvgIpc) is 2.84. The van der Waals surface area contributed by atoms with E-state index < -0.39 is 31.8 Å². The number of nitrogens with one attached hydrogen (secondary N) is 4. The summed E-state index contributed by atoms with van der Waals surface area (Å²) >= 11 is 0. The molecule has 0 aliphatic carbocycles. The van der Waals surface area contributed by atoms with E-state index >= 15 is 0 Å². The number of hydrogen-bond acceptors (Lipinski definition) is 8. The van der Waals surface area contributed by atoms with Crippen LogP contribution in [0.15, 0.2) is 64.5 Å². The lowest BCUT2D eigenvalue weighted by atomic mass is 10.2. The molecule has 0 spiro atoms. The molecule has 0 saturated heterocycles. The van der Waals surface area contributed by atoms with Gasteiger partial charge in [0.1, 0.15) is 5.82 Å². The average molecular weight is 557 g/mol. The fourth-order valence-corrected chi connectivity index (χ4v) is 5.64. The molecule has 0 radical (unpaired) electrons. The van der Waals surface area contributed by atoms with Crippen molar-refractivity contribution in [2.24, 2.45) is 0 Å². The van der Waals surface area contributed by atoms with E-state index in [4.69, 9.17) is 0 Å². The largest absolute Gasteiger partial charge is 0.416 e. The molecule has 2 aromatic carbocycles. The molecular weight excluding hydrogens is 533 g/mol. The number of nitrogens with zero attached hydrogens (tertiary/aromatic N) is 2. The molecule has 4 rings (SSSR count). The third-order valence-electron chi connectivity index (χ3n) is 5.38. The Morgan fingerprint density at radius 2 is 1.81 bits per heavy atom. The van der Waals surface area contributed by atoms with Gasteiger partial charge in [-0.3, -0.25) is 0 Å². The third kappa shape index (κ3) is 6.74. The van der Waals surface area contributed by atoms with E-state index in [-0.39, 0.29) is 35.2 Å². The maximum absolute atomic E-state index is 12.7. The maximum Gasteiger partial charge on any atom is 0.416 e. The predicted molar refractivity (Wildman–Crippen MR) is 130 cm³/mol. The fourth-order valence-electron chi connectivity index (χ4n) is 3.48. The summed E-state index contributed by atoms with van der Waals surface area (Å²) in [6, 6.07) is 9.42. The van der Waals surface area contributed by atoms with Gasteiger partial charge in [-0.15, -0.1) is 0 Å². The highest BCUT2D eigenvalue weighted by Crippen LogP contribution is 2.29. The minimum absolute atomic E-state index is 0.0595. The molecule has 0 fully saturated rings. The summed E-state index contributed by atoms with van der Waals surface area (Å²) in [4.78, 5) is 8.50. The third-order valence-corrected chi connectivity index (χ3v) is 8.32. The molecular formula is C22H23F3N6O4S2. The van der Waals surface area contributed by atoms with Crippen LogP contribution in [0.25, 0.3) is 0 Å². The molecule has 0 saturated carbocycles. The van der Waals surface area contributed by atoms with Crippen LogP contribution in [-0.2, 0) is 32.6 Å². The Hall–Kier alpha value is -3.27. The van der Waals surface area contributed by atoms with Crippen molar-refractivity contribution in [3.63, 3.8) is 0 Å². The van der Waals surface area contributed by atoms with Gasteiger partial charge < -0.3 is 10.6 Å². The van der Waals surface area contributed by atoms with Crippen LogP contribution in [0.4, 0.5) is 30.6 Å². The Morgan fingerprint density at radius 1 is 1.05 bits per heavy atom. The van der Waals surface area contributed by atoms with Crippen LogP contribution in [0.5, 0.6) is 0 Å². The van der Waals surface area contributed by atoms with Crippen LogP contribution in [-0.4, -0.2) is 46.4 Å². The van der Waals surface area contributed by atoms with Gasteiger partial charge in [0, 0.05) is 37.1 Å². The van der Waals surface area contributed by atoms with Crippen molar-refractivity contribution in [3.8, 4) is 0 Å². The quantitative estimate of drug-likeness (QED) is 0.376. The molecule has 1 aromatic heterocycles. The van der Waals surface area contributed by atoms with Gasteiger partial charge in [0.05, 0.1) is 15.4 Å². The molecule has 37 heavy (non-hydrogen) atoms. The van der Waals surface area contributed by atoms with E-state index in [9.17, 15) is 30.0 Å². The van der Waals surface area contributed by atoms with Gasteiger partial charge in [-0.2, -0.15) is 18.2 Å². The summed E-state index contributed by atoms with van der Waals surface area (Å²) in [7, 11) is -7.72. The van der Waals surface area contributed by atoms with E-state index in [1.165, 1.54) is 18.3 Å². The highest BCUT2D eigenvalue weighted by molar-refractivity contribution is 7.89. The topological polar surface area (TPSA) is 142 Å². The van der Waals surface area contributed by atoms with Crippen LogP contribution in [0.2, 0.25) is 0 Å². The minimum atomic E-state index is -4.56. The van der Waals surface area contributed by atoms with Crippen molar-refractivity contribution in [3.05, 3.63) is 65.9 Å². The molecule has 2 heterocycles. The van der Waals surface area contributed by atoms with E-state index in [0.29, 0.717) is 42.2 Å². The number of hydrogen-bond donors (Lipinski definition) is 4. The van der Waals surface area contributed by atoms with E-state index in [1.54, 1.807) is 12.1 Å². The number of sulfonamides is 2. The van der Waals surface area contributed by atoms with Gasteiger partial charge in [0.15, 0.2) is 0 Å². The fraction of sp³-hybridized carbons (Fsp3) is 0.273. The highest BCUT2D eigenvalue weighted by atomic mass is 32.2. The zero-order valence-electron chi connectivity index (χ0n) is 19.2. The van der Waals surface area contributed by atoms with E-state index in [2.05, 4.69) is 30.0 Å². The molecule has 10 nitrogen and oxygen atoms in total. The molecule has 3 aromatic rings. The second-order valence-corrected chi connectivity index (χ2v) is 11.6. The van der Waals surface area contributed by atoms with Crippen molar-refractivity contribution in [1.29, 1.82) is 0 Å². The van der Waals surface area contributed by atoms with Gasteiger partial charge in [-0.25, -0.2) is 31.3 Å². The van der Waals surface area contributed by atoms with Gasteiger partial charge in [-0.1, -0.05) is 6.07 Å². The number of alkyl halides is 3. The summed E-state index contributed by atoms with van der Waals surface area (Å²) in [6.07, 6.45) is -2.41. The first-order chi connectivity index (χ1) is 17.4. The Bertz CT molecular complexity index is 1480. The molecule has 0 unspecified atom stereocenters. The molecule has 198 valence electrons. The summed E-state index contributed by atoms with van der Waals surface area (Å²) in [5.74, 6) is 0.642. The molecule has 0 atom stereocenters. The number of rotatable bonds is 5. The van der Waals surface area contributed by atoms with E-state index in [1.807, 2.05) is 0 Å². The van der Waals surface area contributed by atoms with Crippen molar-refractivity contribution < 1.29 is 30.0 Å². The van der Waals surface area contributed by atoms with E-state index in [0.717, 1.165) is 12.1 Å². The summed E-state index contributed by atoms with van der Waals surface area (Å²) in [5, 5.41) is 6.07. The molecule has 1 aliphatic heterocycles. The Balaban J connectivity index is 1.48. The molecule has 4 bridgehead atoms. The molecule has 15 heteroatoms. The van der Waals surface area contributed by atoms with Crippen LogP contribution in [0.1, 0.15) is 17.5 Å². The first-order valence-corrected chi connectivity index (χ1v) is 14.0. The van der Waals surface area contributed by atoms with Gasteiger partial charge >= 0.3 is 6.18 Å². The zero-order valence-corrected chi connectivity index (χ0v) is 20.8. The van der Waals surface area contributed by atoms with Crippen molar-refractivity contribution in [2.45, 2.75) is 28.8 Å². The first-order valence-electron chi connectivity index (χ1n) is 11.1. The second-order valence-electron chi connectivity index (χ2n) is 8.07. The number of aromatic nitrogens is 2. The highest BCUT2D eigenvalue weighted by Gasteiger charge is 2.30. The van der Waals surface area contributed by atoms with Crippen LogP contribution < -0.4 is 20.1 Å². The molecule has 0 amide bonds. The summed E-state index contributed by atoms with van der Waals surface area (Å²) in [6.45, 7) is 0.504. The van der Waals surface area contributed by atoms with Gasteiger partial charge in [0.2, 0.25) is 26.0 Å². The smallest absolute Gasteiger partial charge is 0.370 e.